The van der Waals surface area contributed by atoms with Gasteiger partial charge >= 0.3 is 6.18 Å². The topological polar surface area (TPSA) is 37.8 Å². The number of rotatable bonds is 3. The fourth-order valence-electron chi connectivity index (χ4n) is 1.40. The first-order valence-electron chi connectivity index (χ1n) is 5.22. The lowest BCUT2D eigenvalue weighted by atomic mass is 10.1. The SMILES string of the molecule is FC(F)(F)c1ccc(CNc2ccncn2)cc1. The van der Waals surface area contributed by atoms with Crippen molar-refractivity contribution < 1.29 is 13.2 Å². The number of nitrogens with zero attached hydrogens (tertiary/aromatic N) is 2. The number of alkyl halides is 3. The van der Waals surface area contributed by atoms with E-state index >= 15 is 0 Å². The zero-order valence-electron chi connectivity index (χ0n) is 9.28. The van der Waals surface area contributed by atoms with Crippen molar-refractivity contribution in [2.75, 3.05) is 5.32 Å². The Morgan fingerprint density at radius 1 is 1.06 bits per heavy atom. The second-order valence-corrected chi connectivity index (χ2v) is 3.64. The molecule has 2 aromatic rings. The van der Waals surface area contributed by atoms with Crippen LogP contribution in [0, 0.1) is 0 Å². The first kappa shape index (κ1) is 12.3. The van der Waals surface area contributed by atoms with Crippen molar-refractivity contribution in [1.29, 1.82) is 0 Å². The summed E-state index contributed by atoms with van der Waals surface area (Å²) >= 11 is 0. The molecule has 0 aliphatic rings. The van der Waals surface area contributed by atoms with Gasteiger partial charge < -0.3 is 5.32 Å². The van der Waals surface area contributed by atoms with Gasteiger partial charge in [-0.2, -0.15) is 13.2 Å². The molecule has 0 saturated heterocycles. The van der Waals surface area contributed by atoms with Crippen LogP contribution in [0.25, 0.3) is 0 Å². The molecule has 0 amide bonds. The zero-order valence-corrected chi connectivity index (χ0v) is 9.28. The number of hydrogen-bond donors (Lipinski definition) is 1. The Balaban J connectivity index is 1.99. The van der Waals surface area contributed by atoms with E-state index in [0.717, 1.165) is 17.7 Å². The maximum Gasteiger partial charge on any atom is 0.416 e. The molecule has 0 spiro atoms. The van der Waals surface area contributed by atoms with Crippen molar-refractivity contribution >= 4 is 5.82 Å². The molecular weight excluding hydrogens is 243 g/mol. The second kappa shape index (κ2) is 5.03. The minimum absolute atomic E-state index is 0.412. The fraction of sp³-hybridized carbons (Fsp3) is 0.167. The van der Waals surface area contributed by atoms with Gasteiger partial charge in [0, 0.05) is 12.7 Å². The lowest BCUT2D eigenvalue weighted by Crippen LogP contribution is -2.06. The molecule has 3 nitrogen and oxygen atoms in total. The van der Waals surface area contributed by atoms with E-state index in [-0.39, 0.29) is 0 Å². The summed E-state index contributed by atoms with van der Waals surface area (Å²) in [6.45, 7) is 0.412. The van der Waals surface area contributed by atoms with Gasteiger partial charge in [0.2, 0.25) is 0 Å². The van der Waals surface area contributed by atoms with Crippen LogP contribution in [0.4, 0.5) is 19.0 Å². The van der Waals surface area contributed by atoms with Crippen LogP contribution in [0.5, 0.6) is 0 Å². The first-order valence-corrected chi connectivity index (χ1v) is 5.22. The molecular formula is C12H10F3N3. The lowest BCUT2D eigenvalue weighted by Gasteiger charge is -2.08. The van der Waals surface area contributed by atoms with Gasteiger partial charge in [-0.3, -0.25) is 0 Å². The minimum Gasteiger partial charge on any atom is -0.366 e. The van der Waals surface area contributed by atoms with E-state index in [1.807, 2.05) is 0 Å². The quantitative estimate of drug-likeness (QED) is 0.913. The van der Waals surface area contributed by atoms with Gasteiger partial charge in [0.1, 0.15) is 12.1 Å². The molecule has 0 radical (unpaired) electrons. The molecule has 0 unspecified atom stereocenters. The summed E-state index contributed by atoms with van der Waals surface area (Å²) in [5.74, 6) is 0.630. The summed E-state index contributed by atoms with van der Waals surface area (Å²) in [6, 6.07) is 6.70. The molecule has 0 aliphatic heterocycles. The maximum absolute atomic E-state index is 12.3. The molecule has 94 valence electrons. The summed E-state index contributed by atoms with van der Waals surface area (Å²) in [5, 5.41) is 2.99. The molecule has 0 bridgehead atoms. The van der Waals surface area contributed by atoms with Gasteiger partial charge in [0.25, 0.3) is 0 Å². The number of halogens is 3. The van der Waals surface area contributed by atoms with E-state index in [4.69, 9.17) is 0 Å². The lowest BCUT2D eigenvalue weighted by molar-refractivity contribution is -0.137. The van der Waals surface area contributed by atoms with Crippen molar-refractivity contribution in [2.45, 2.75) is 12.7 Å². The van der Waals surface area contributed by atoms with Crippen LogP contribution in [0.3, 0.4) is 0 Å². The Kier molecular flexibility index (Phi) is 3.45. The third-order valence-electron chi connectivity index (χ3n) is 2.34. The maximum atomic E-state index is 12.3. The van der Waals surface area contributed by atoms with E-state index in [9.17, 15) is 13.2 Å². The number of nitrogens with one attached hydrogen (secondary N) is 1. The summed E-state index contributed by atoms with van der Waals surface area (Å²) in [7, 11) is 0. The monoisotopic (exact) mass is 253 g/mol. The Morgan fingerprint density at radius 3 is 2.33 bits per heavy atom. The standard InChI is InChI=1S/C12H10F3N3/c13-12(14,15)10-3-1-9(2-4-10)7-17-11-5-6-16-8-18-11/h1-6,8H,7H2,(H,16,17,18). The minimum atomic E-state index is -4.29. The number of aromatic nitrogens is 2. The van der Waals surface area contributed by atoms with Gasteiger partial charge in [-0.1, -0.05) is 12.1 Å². The molecule has 1 aromatic carbocycles. The van der Waals surface area contributed by atoms with E-state index in [0.29, 0.717) is 12.4 Å². The fourth-order valence-corrected chi connectivity index (χ4v) is 1.40. The predicted molar refractivity (Wildman–Crippen MR) is 60.8 cm³/mol. The third kappa shape index (κ3) is 3.19. The Labute approximate surface area is 102 Å². The average Bonchev–Trinajstić information content (AvgIpc) is 2.37. The predicted octanol–water partition coefficient (Wildman–Crippen LogP) is 3.11. The molecule has 18 heavy (non-hydrogen) atoms. The average molecular weight is 253 g/mol. The molecule has 0 fully saturated rings. The molecule has 0 aliphatic carbocycles. The van der Waals surface area contributed by atoms with Crippen molar-refractivity contribution in [2.24, 2.45) is 0 Å². The molecule has 0 saturated carbocycles. The molecule has 1 N–H and O–H groups in total. The summed E-state index contributed by atoms with van der Waals surface area (Å²) < 4.78 is 37.0. The van der Waals surface area contributed by atoms with Crippen LogP contribution >= 0.6 is 0 Å². The second-order valence-electron chi connectivity index (χ2n) is 3.64. The molecule has 1 heterocycles. The van der Waals surface area contributed by atoms with E-state index < -0.39 is 11.7 Å². The van der Waals surface area contributed by atoms with Crippen LogP contribution in [-0.2, 0) is 12.7 Å². The highest BCUT2D eigenvalue weighted by molar-refractivity contribution is 5.34. The third-order valence-corrected chi connectivity index (χ3v) is 2.34. The summed E-state index contributed by atoms with van der Waals surface area (Å²) in [5.41, 5.74) is 0.106. The number of benzene rings is 1. The van der Waals surface area contributed by atoms with Crippen molar-refractivity contribution in [3.63, 3.8) is 0 Å². The Hall–Kier alpha value is -2.11. The van der Waals surface area contributed by atoms with Crippen molar-refractivity contribution in [3.05, 3.63) is 54.0 Å². The molecule has 0 atom stereocenters. The highest BCUT2D eigenvalue weighted by atomic mass is 19.4. The van der Waals surface area contributed by atoms with Crippen LogP contribution in [-0.4, -0.2) is 9.97 Å². The Bertz CT molecular complexity index is 494. The largest absolute Gasteiger partial charge is 0.416 e. The van der Waals surface area contributed by atoms with E-state index in [1.165, 1.54) is 18.5 Å². The van der Waals surface area contributed by atoms with E-state index in [2.05, 4.69) is 15.3 Å². The van der Waals surface area contributed by atoms with E-state index in [1.54, 1.807) is 12.3 Å². The normalized spacial score (nSPS) is 11.3. The smallest absolute Gasteiger partial charge is 0.366 e. The molecule has 6 heteroatoms. The van der Waals surface area contributed by atoms with Crippen LogP contribution < -0.4 is 5.32 Å². The van der Waals surface area contributed by atoms with Crippen LogP contribution in [0.1, 0.15) is 11.1 Å². The van der Waals surface area contributed by atoms with Gasteiger partial charge in [0.15, 0.2) is 0 Å². The summed E-state index contributed by atoms with van der Waals surface area (Å²) in [6.07, 6.45) is -1.31. The van der Waals surface area contributed by atoms with Crippen LogP contribution in [0.2, 0.25) is 0 Å². The number of anilines is 1. The number of hydrogen-bond acceptors (Lipinski definition) is 3. The van der Waals surface area contributed by atoms with Crippen molar-refractivity contribution in [1.82, 2.24) is 9.97 Å². The summed E-state index contributed by atoms with van der Waals surface area (Å²) in [4.78, 5) is 7.71. The Morgan fingerprint density at radius 2 is 1.78 bits per heavy atom. The van der Waals surface area contributed by atoms with Gasteiger partial charge in [0.05, 0.1) is 5.56 Å². The molecule has 2 rings (SSSR count). The van der Waals surface area contributed by atoms with Gasteiger partial charge in [-0.15, -0.1) is 0 Å². The first-order chi connectivity index (χ1) is 8.55. The zero-order chi connectivity index (χ0) is 13.0. The van der Waals surface area contributed by atoms with Gasteiger partial charge in [-0.05, 0) is 23.8 Å². The highest BCUT2D eigenvalue weighted by Crippen LogP contribution is 2.29. The van der Waals surface area contributed by atoms with Gasteiger partial charge in [-0.25, -0.2) is 9.97 Å². The highest BCUT2D eigenvalue weighted by Gasteiger charge is 2.29. The molecule has 1 aromatic heterocycles. The van der Waals surface area contributed by atoms with Crippen molar-refractivity contribution in [3.8, 4) is 0 Å². The van der Waals surface area contributed by atoms with Crippen LogP contribution in [0.15, 0.2) is 42.9 Å².